The number of rotatable bonds is 9. The first kappa shape index (κ1) is 22.0. The Hall–Kier alpha value is -3.28. The van der Waals surface area contributed by atoms with Gasteiger partial charge in [-0.15, -0.1) is 0 Å². The zero-order valence-corrected chi connectivity index (χ0v) is 17.3. The number of hydrogen-bond donors (Lipinski definition) is 2. The molecule has 29 heavy (non-hydrogen) atoms. The van der Waals surface area contributed by atoms with E-state index in [1.807, 2.05) is 30.3 Å². The van der Waals surface area contributed by atoms with E-state index in [-0.39, 0.29) is 11.8 Å². The van der Waals surface area contributed by atoms with Crippen molar-refractivity contribution < 1.29 is 19.1 Å². The Morgan fingerprint density at radius 2 is 1.79 bits per heavy atom. The first-order chi connectivity index (χ1) is 13.9. The summed E-state index contributed by atoms with van der Waals surface area (Å²) in [6.07, 6.45) is 3.48. The monoisotopic (exact) mass is 396 g/mol. The summed E-state index contributed by atoms with van der Waals surface area (Å²) in [7, 11) is 3.19. The lowest BCUT2D eigenvalue weighted by Crippen LogP contribution is -2.19. The van der Waals surface area contributed by atoms with E-state index in [0.29, 0.717) is 36.1 Å². The SMILES string of the molecule is CNC(=O)Cc1ccc(NC(=O)/C=C/c2ccc(OCC(C)C)c(OC)c2)cc1. The molecule has 0 unspecified atom stereocenters. The minimum absolute atomic E-state index is 0.0548. The Labute approximate surface area is 171 Å². The van der Waals surface area contributed by atoms with Crippen LogP contribution in [0.2, 0.25) is 0 Å². The predicted octanol–water partition coefficient (Wildman–Crippen LogP) is 3.67. The van der Waals surface area contributed by atoms with E-state index in [0.717, 1.165) is 11.1 Å². The van der Waals surface area contributed by atoms with Crippen molar-refractivity contribution in [3.8, 4) is 11.5 Å². The molecule has 0 bridgehead atoms. The van der Waals surface area contributed by atoms with Crippen LogP contribution in [0, 0.1) is 5.92 Å². The number of amides is 2. The Kier molecular flexibility index (Phi) is 8.27. The third-order valence-corrected chi connectivity index (χ3v) is 4.05. The Balaban J connectivity index is 1.96. The molecule has 0 radical (unpaired) electrons. The van der Waals surface area contributed by atoms with E-state index in [2.05, 4.69) is 24.5 Å². The van der Waals surface area contributed by atoms with Crippen LogP contribution >= 0.6 is 0 Å². The normalized spacial score (nSPS) is 10.8. The number of likely N-dealkylation sites (N-methyl/N-ethyl adjacent to an activating group) is 1. The average Bonchev–Trinajstić information content (AvgIpc) is 2.72. The Morgan fingerprint density at radius 1 is 1.07 bits per heavy atom. The summed E-state index contributed by atoms with van der Waals surface area (Å²) in [6.45, 7) is 4.77. The van der Waals surface area contributed by atoms with Gasteiger partial charge in [0.05, 0.1) is 20.1 Å². The Bertz CT molecular complexity index is 858. The lowest BCUT2D eigenvalue weighted by Gasteiger charge is -2.12. The van der Waals surface area contributed by atoms with Crippen LogP contribution in [0.1, 0.15) is 25.0 Å². The zero-order chi connectivity index (χ0) is 21.2. The molecular formula is C23H28N2O4. The molecule has 2 N–H and O–H groups in total. The number of nitrogens with one attached hydrogen (secondary N) is 2. The third-order valence-electron chi connectivity index (χ3n) is 4.05. The molecule has 0 saturated heterocycles. The number of carbonyl (C=O) groups excluding carboxylic acids is 2. The van der Waals surface area contributed by atoms with Crippen LogP contribution in [0.3, 0.4) is 0 Å². The maximum Gasteiger partial charge on any atom is 0.248 e. The highest BCUT2D eigenvalue weighted by atomic mass is 16.5. The van der Waals surface area contributed by atoms with Crippen LogP contribution in [0.15, 0.2) is 48.5 Å². The number of hydrogen-bond acceptors (Lipinski definition) is 4. The van der Waals surface area contributed by atoms with Crippen LogP contribution in [0.4, 0.5) is 5.69 Å². The summed E-state index contributed by atoms with van der Waals surface area (Å²) in [5.41, 5.74) is 2.37. The zero-order valence-electron chi connectivity index (χ0n) is 17.3. The maximum atomic E-state index is 12.2. The lowest BCUT2D eigenvalue weighted by molar-refractivity contribution is -0.120. The molecule has 2 rings (SSSR count). The second-order valence-electron chi connectivity index (χ2n) is 6.98. The summed E-state index contributed by atoms with van der Waals surface area (Å²) >= 11 is 0. The molecule has 2 aromatic carbocycles. The predicted molar refractivity (Wildman–Crippen MR) is 115 cm³/mol. The van der Waals surface area contributed by atoms with Crippen LogP contribution < -0.4 is 20.1 Å². The van der Waals surface area contributed by atoms with Gasteiger partial charge in [-0.2, -0.15) is 0 Å². The van der Waals surface area contributed by atoms with Crippen molar-refractivity contribution in [2.75, 3.05) is 26.1 Å². The molecular weight excluding hydrogens is 368 g/mol. The maximum absolute atomic E-state index is 12.2. The molecule has 2 amide bonds. The van der Waals surface area contributed by atoms with Gasteiger partial charge >= 0.3 is 0 Å². The lowest BCUT2D eigenvalue weighted by atomic mass is 10.1. The summed E-state index contributed by atoms with van der Waals surface area (Å²) < 4.78 is 11.1. The largest absolute Gasteiger partial charge is 0.493 e. The standard InChI is InChI=1S/C23H28N2O4/c1-16(2)15-29-20-11-7-17(13-21(20)28-4)8-12-22(26)25-19-9-5-18(6-10-19)14-23(27)24-3/h5-13,16H,14-15H2,1-4H3,(H,24,27)(H,25,26)/b12-8+. The highest BCUT2D eigenvalue weighted by Gasteiger charge is 2.06. The second-order valence-corrected chi connectivity index (χ2v) is 6.98. The van der Waals surface area contributed by atoms with Gasteiger partial charge in [0, 0.05) is 18.8 Å². The van der Waals surface area contributed by atoms with Crippen molar-refractivity contribution in [1.82, 2.24) is 5.32 Å². The molecule has 0 aromatic heterocycles. The minimum Gasteiger partial charge on any atom is -0.493 e. The van der Waals surface area contributed by atoms with Crippen LogP contribution in [0.25, 0.3) is 6.08 Å². The molecule has 6 nitrogen and oxygen atoms in total. The topological polar surface area (TPSA) is 76.7 Å². The average molecular weight is 396 g/mol. The number of benzene rings is 2. The van der Waals surface area contributed by atoms with Gasteiger partial charge < -0.3 is 20.1 Å². The van der Waals surface area contributed by atoms with Crippen molar-refractivity contribution in [1.29, 1.82) is 0 Å². The molecule has 0 atom stereocenters. The first-order valence-electron chi connectivity index (χ1n) is 9.50. The van der Waals surface area contributed by atoms with Gasteiger partial charge in [-0.25, -0.2) is 0 Å². The molecule has 0 spiro atoms. The number of methoxy groups -OCH3 is 1. The van der Waals surface area contributed by atoms with E-state index in [4.69, 9.17) is 9.47 Å². The summed E-state index contributed by atoms with van der Waals surface area (Å²) in [5.74, 6) is 1.42. The fourth-order valence-electron chi connectivity index (χ4n) is 2.50. The van der Waals surface area contributed by atoms with Crippen LogP contribution in [-0.2, 0) is 16.0 Å². The summed E-state index contributed by atoms with van der Waals surface area (Å²) in [5, 5.41) is 5.38. The second kappa shape index (κ2) is 10.9. The molecule has 0 heterocycles. The molecule has 0 aliphatic rings. The van der Waals surface area contributed by atoms with Crippen molar-refractivity contribution in [3.05, 3.63) is 59.7 Å². The first-order valence-corrected chi connectivity index (χ1v) is 9.50. The number of carbonyl (C=O) groups is 2. The van der Waals surface area contributed by atoms with Crippen molar-refractivity contribution in [2.24, 2.45) is 5.92 Å². The van der Waals surface area contributed by atoms with E-state index in [1.54, 1.807) is 32.4 Å². The van der Waals surface area contributed by atoms with Gasteiger partial charge in [0.2, 0.25) is 11.8 Å². The number of ether oxygens (including phenoxy) is 2. The minimum atomic E-state index is -0.247. The molecule has 0 saturated carbocycles. The molecule has 0 aliphatic heterocycles. The van der Waals surface area contributed by atoms with E-state index < -0.39 is 0 Å². The number of anilines is 1. The van der Waals surface area contributed by atoms with Gasteiger partial charge in [-0.05, 0) is 47.4 Å². The quantitative estimate of drug-likeness (QED) is 0.634. The summed E-state index contributed by atoms with van der Waals surface area (Å²) in [4.78, 5) is 23.6. The van der Waals surface area contributed by atoms with Crippen LogP contribution in [0.5, 0.6) is 11.5 Å². The van der Waals surface area contributed by atoms with Gasteiger partial charge in [0.1, 0.15) is 0 Å². The highest BCUT2D eigenvalue weighted by molar-refractivity contribution is 6.02. The molecule has 6 heteroatoms. The van der Waals surface area contributed by atoms with Gasteiger partial charge in [-0.1, -0.05) is 32.0 Å². The molecule has 0 fully saturated rings. The third kappa shape index (κ3) is 7.33. The van der Waals surface area contributed by atoms with Crippen molar-refractivity contribution >= 4 is 23.6 Å². The van der Waals surface area contributed by atoms with Gasteiger partial charge in [-0.3, -0.25) is 9.59 Å². The van der Waals surface area contributed by atoms with Gasteiger partial charge in [0.25, 0.3) is 0 Å². The fraction of sp³-hybridized carbons (Fsp3) is 0.304. The van der Waals surface area contributed by atoms with Crippen molar-refractivity contribution in [3.63, 3.8) is 0 Å². The van der Waals surface area contributed by atoms with E-state index in [1.165, 1.54) is 6.08 Å². The van der Waals surface area contributed by atoms with Crippen LogP contribution in [-0.4, -0.2) is 32.6 Å². The van der Waals surface area contributed by atoms with E-state index in [9.17, 15) is 9.59 Å². The fourth-order valence-corrected chi connectivity index (χ4v) is 2.50. The van der Waals surface area contributed by atoms with Gasteiger partial charge in [0.15, 0.2) is 11.5 Å². The van der Waals surface area contributed by atoms with E-state index >= 15 is 0 Å². The Morgan fingerprint density at radius 3 is 2.41 bits per heavy atom. The molecule has 2 aromatic rings. The smallest absolute Gasteiger partial charge is 0.248 e. The highest BCUT2D eigenvalue weighted by Crippen LogP contribution is 2.29. The molecule has 154 valence electrons. The summed E-state index contributed by atoms with van der Waals surface area (Å²) in [6, 6.07) is 12.7. The molecule has 0 aliphatic carbocycles. The van der Waals surface area contributed by atoms with Crippen molar-refractivity contribution in [2.45, 2.75) is 20.3 Å².